The summed E-state index contributed by atoms with van der Waals surface area (Å²) in [4.78, 5) is 0.505. The Morgan fingerprint density at radius 2 is 2.25 bits per heavy atom. The Morgan fingerprint density at radius 1 is 1.62 bits per heavy atom. The SMILES string of the molecule is O=S1(=O)C=CC(=S)C1. The zero-order chi connectivity index (χ0) is 6.20. The van der Waals surface area contributed by atoms with Crippen molar-refractivity contribution >= 4 is 26.9 Å². The summed E-state index contributed by atoms with van der Waals surface area (Å²) in [5, 5.41) is 1.15. The van der Waals surface area contributed by atoms with E-state index in [2.05, 4.69) is 12.2 Å². The van der Waals surface area contributed by atoms with Crippen molar-refractivity contribution in [1.29, 1.82) is 0 Å². The van der Waals surface area contributed by atoms with Gasteiger partial charge in [-0.2, -0.15) is 0 Å². The molecule has 0 saturated heterocycles. The van der Waals surface area contributed by atoms with Gasteiger partial charge in [-0.25, -0.2) is 8.42 Å². The molecule has 2 nitrogen and oxygen atoms in total. The van der Waals surface area contributed by atoms with Crippen LogP contribution in [0.4, 0.5) is 0 Å². The van der Waals surface area contributed by atoms with Crippen LogP contribution < -0.4 is 0 Å². The molecule has 8 heavy (non-hydrogen) atoms. The van der Waals surface area contributed by atoms with Gasteiger partial charge in [-0.3, -0.25) is 0 Å². The summed E-state index contributed by atoms with van der Waals surface area (Å²) < 4.78 is 20.9. The molecule has 0 radical (unpaired) electrons. The molecule has 0 aromatic rings. The third kappa shape index (κ3) is 1.14. The predicted molar refractivity (Wildman–Crippen MR) is 35.5 cm³/mol. The van der Waals surface area contributed by atoms with Crippen LogP contribution in [0.2, 0.25) is 0 Å². The molecule has 0 aromatic heterocycles. The maximum absolute atomic E-state index is 10.5. The lowest BCUT2D eigenvalue weighted by atomic mass is 10.5. The summed E-state index contributed by atoms with van der Waals surface area (Å²) in [7, 11) is -2.92. The van der Waals surface area contributed by atoms with Gasteiger partial charge in [0.15, 0.2) is 9.84 Å². The standard InChI is InChI=1S/C4H4O2S2/c5-8(6)2-1-4(7)3-8/h1-2H,3H2. The fourth-order valence-electron chi connectivity index (χ4n) is 0.474. The van der Waals surface area contributed by atoms with Crippen molar-refractivity contribution in [3.63, 3.8) is 0 Å². The van der Waals surface area contributed by atoms with Gasteiger partial charge < -0.3 is 0 Å². The van der Waals surface area contributed by atoms with E-state index in [1.807, 2.05) is 0 Å². The lowest BCUT2D eigenvalue weighted by molar-refractivity contribution is 0.609. The van der Waals surface area contributed by atoms with Gasteiger partial charge in [0.2, 0.25) is 0 Å². The van der Waals surface area contributed by atoms with Crippen molar-refractivity contribution in [2.75, 3.05) is 5.75 Å². The minimum Gasteiger partial charge on any atom is -0.224 e. The molecular weight excluding hydrogens is 144 g/mol. The van der Waals surface area contributed by atoms with Crippen LogP contribution in [0.5, 0.6) is 0 Å². The topological polar surface area (TPSA) is 34.1 Å². The Kier molecular flexibility index (Phi) is 1.21. The van der Waals surface area contributed by atoms with E-state index in [0.717, 1.165) is 5.41 Å². The number of thiocarbonyl (C=S) groups is 1. The third-order valence-corrected chi connectivity index (χ3v) is 2.53. The summed E-state index contributed by atoms with van der Waals surface area (Å²) in [6, 6.07) is 0. The Bertz CT molecular complexity index is 235. The van der Waals surface area contributed by atoms with Gasteiger partial charge in [-0.1, -0.05) is 12.2 Å². The zero-order valence-electron chi connectivity index (χ0n) is 3.99. The second-order valence-electron chi connectivity index (χ2n) is 1.58. The first kappa shape index (κ1) is 5.91. The number of hydrogen-bond donors (Lipinski definition) is 0. The van der Waals surface area contributed by atoms with Crippen LogP contribution in [-0.2, 0) is 9.84 Å². The van der Waals surface area contributed by atoms with E-state index in [9.17, 15) is 8.42 Å². The highest BCUT2D eigenvalue weighted by atomic mass is 32.2. The molecule has 0 unspecified atom stereocenters. The summed E-state index contributed by atoms with van der Waals surface area (Å²) >= 11 is 4.60. The number of allylic oxidation sites excluding steroid dienone is 1. The molecule has 1 aliphatic rings. The van der Waals surface area contributed by atoms with Crippen molar-refractivity contribution in [2.45, 2.75) is 0 Å². The zero-order valence-corrected chi connectivity index (χ0v) is 5.63. The molecule has 0 bridgehead atoms. The highest BCUT2D eigenvalue weighted by molar-refractivity contribution is 7.97. The maximum atomic E-state index is 10.5. The van der Waals surface area contributed by atoms with Crippen molar-refractivity contribution in [1.82, 2.24) is 0 Å². The van der Waals surface area contributed by atoms with Gasteiger partial charge in [0.25, 0.3) is 0 Å². The van der Waals surface area contributed by atoms with Crippen molar-refractivity contribution in [3.05, 3.63) is 11.5 Å². The number of sulfone groups is 1. The Hall–Kier alpha value is -0.220. The van der Waals surface area contributed by atoms with Crippen LogP contribution >= 0.6 is 12.2 Å². The maximum Gasteiger partial charge on any atom is 0.176 e. The molecule has 44 valence electrons. The second-order valence-corrected chi connectivity index (χ2v) is 3.99. The van der Waals surface area contributed by atoms with E-state index >= 15 is 0 Å². The summed E-state index contributed by atoms with van der Waals surface area (Å²) in [6.45, 7) is 0. The molecule has 0 atom stereocenters. The van der Waals surface area contributed by atoms with Crippen molar-refractivity contribution in [3.8, 4) is 0 Å². The highest BCUT2D eigenvalue weighted by Gasteiger charge is 2.14. The van der Waals surface area contributed by atoms with Crippen LogP contribution in [0.3, 0.4) is 0 Å². The molecule has 0 spiro atoms. The van der Waals surface area contributed by atoms with E-state index < -0.39 is 9.84 Å². The van der Waals surface area contributed by atoms with Crippen LogP contribution in [0.25, 0.3) is 0 Å². The molecule has 0 fully saturated rings. The monoisotopic (exact) mass is 148 g/mol. The molecule has 0 saturated carbocycles. The van der Waals surface area contributed by atoms with Gasteiger partial charge in [-0.05, 0) is 6.08 Å². The molecule has 1 heterocycles. The number of hydrogen-bond acceptors (Lipinski definition) is 3. The first-order valence-electron chi connectivity index (χ1n) is 2.04. The van der Waals surface area contributed by atoms with E-state index in [1.54, 1.807) is 0 Å². The Labute approximate surface area is 53.1 Å². The van der Waals surface area contributed by atoms with Gasteiger partial charge in [0.1, 0.15) is 0 Å². The van der Waals surface area contributed by atoms with E-state index in [0.29, 0.717) is 4.86 Å². The molecule has 1 aliphatic heterocycles. The third-order valence-electron chi connectivity index (χ3n) is 0.805. The Morgan fingerprint density at radius 3 is 2.38 bits per heavy atom. The first-order valence-corrected chi connectivity index (χ1v) is 4.16. The van der Waals surface area contributed by atoms with Crippen LogP contribution in [0, 0.1) is 0 Å². The summed E-state index contributed by atoms with van der Waals surface area (Å²) in [5.74, 6) is 0.0301. The average Bonchev–Trinajstić information content (AvgIpc) is 1.82. The molecule has 4 heteroatoms. The molecular formula is C4H4O2S2. The van der Waals surface area contributed by atoms with Crippen LogP contribution in [0.1, 0.15) is 0 Å². The molecule has 1 rings (SSSR count). The molecule has 0 N–H and O–H groups in total. The Balaban J connectivity index is 3.06. The number of rotatable bonds is 0. The fraction of sp³-hybridized carbons (Fsp3) is 0.250. The van der Waals surface area contributed by atoms with E-state index in [-0.39, 0.29) is 5.75 Å². The van der Waals surface area contributed by atoms with Gasteiger partial charge in [-0.15, -0.1) is 0 Å². The van der Waals surface area contributed by atoms with Crippen molar-refractivity contribution < 1.29 is 8.42 Å². The van der Waals surface area contributed by atoms with E-state index in [1.165, 1.54) is 6.08 Å². The van der Waals surface area contributed by atoms with Crippen LogP contribution in [-0.4, -0.2) is 19.0 Å². The van der Waals surface area contributed by atoms with E-state index in [4.69, 9.17) is 0 Å². The lowest BCUT2D eigenvalue weighted by Crippen LogP contribution is -2.00. The molecule has 0 amide bonds. The highest BCUT2D eigenvalue weighted by Crippen LogP contribution is 2.03. The van der Waals surface area contributed by atoms with Gasteiger partial charge in [0.05, 0.1) is 5.75 Å². The fourth-order valence-corrected chi connectivity index (χ4v) is 2.08. The van der Waals surface area contributed by atoms with Crippen molar-refractivity contribution in [2.24, 2.45) is 0 Å². The molecule has 0 aliphatic carbocycles. The van der Waals surface area contributed by atoms with Crippen LogP contribution in [0.15, 0.2) is 11.5 Å². The first-order chi connectivity index (χ1) is 3.60. The van der Waals surface area contributed by atoms with Gasteiger partial charge in [0, 0.05) is 10.3 Å². The average molecular weight is 148 g/mol. The smallest absolute Gasteiger partial charge is 0.176 e. The molecule has 0 aromatic carbocycles. The minimum absolute atomic E-state index is 0.0301. The quantitative estimate of drug-likeness (QED) is 0.463. The lowest BCUT2D eigenvalue weighted by Gasteiger charge is -1.81. The minimum atomic E-state index is -2.92. The van der Waals surface area contributed by atoms with Gasteiger partial charge >= 0.3 is 0 Å². The summed E-state index contributed by atoms with van der Waals surface area (Å²) in [5.41, 5.74) is 0. The largest absolute Gasteiger partial charge is 0.224 e. The second kappa shape index (κ2) is 1.63. The predicted octanol–water partition coefficient (Wildman–Crippen LogP) is 0.298. The summed E-state index contributed by atoms with van der Waals surface area (Å²) in [6.07, 6.45) is 1.45. The normalized spacial score (nSPS) is 24.2.